The van der Waals surface area contributed by atoms with E-state index >= 15 is 0 Å². The summed E-state index contributed by atoms with van der Waals surface area (Å²) in [6.45, 7) is -0.293. The number of carboxylic acids is 1. The van der Waals surface area contributed by atoms with Gasteiger partial charge in [0.25, 0.3) is 0 Å². The Bertz CT molecular complexity index is 324. The SMILES string of the molecule is O=C(O)CCCCCCCCCCS(=O)(=O)CCO. The normalized spacial score (nSPS) is 11.6. The second-order valence-corrected chi connectivity index (χ2v) is 7.15. The van der Waals surface area contributed by atoms with Gasteiger partial charge in [0.2, 0.25) is 0 Å². The molecule has 0 saturated carbocycles. The number of aliphatic hydroxyl groups excluding tert-OH is 1. The van der Waals surface area contributed by atoms with Gasteiger partial charge in [-0.2, -0.15) is 0 Å². The third-order valence-electron chi connectivity index (χ3n) is 3.00. The summed E-state index contributed by atoms with van der Waals surface area (Å²) in [7, 11) is -3.05. The van der Waals surface area contributed by atoms with Gasteiger partial charge in [-0.1, -0.05) is 38.5 Å². The molecule has 0 radical (unpaired) electrons. The van der Waals surface area contributed by atoms with E-state index in [0.29, 0.717) is 6.42 Å². The molecule has 0 fully saturated rings. The highest BCUT2D eigenvalue weighted by molar-refractivity contribution is 7.91. The highest BCUT2D eigenvalue weighted by Crippen LogP contribution is 2.10. The number of carbonyl (C=O) groups is 1. The molecule has 0 heterocycles. The van der Waals surface area contributed by atoms with Crippen LogP contribution >= 0.6 is 0 Å². The summed E-state index contributed by atoms with van der Waals surface area (Å²) < 4.78 is 22.6. The van der Waals surface area contributed by atoms with Crippen LogP contribution in [-0.2, 0) is 14.6 Å². The molecular formula is C13H26O5S. The first-order valence-corrected chi connectivity index (χ1v) is 8.83. The summed E-state index contributed by atoms with van der Waals surface area (Å²) >= 11 is 0. The molecule has 0 amide bonds. The Hall–Kier alpha value is -0.620. The number of hydrogen-bond donors (Lipinski definition) is 2. The van der Waals surface area contributed by atoms with Gasteiger partial charge in [-0.05, 0) is 12.8 Å². The fraction of sp³-hybridized carbons (Fsp3) is 0.923. The van der Waals surface area contributed by atoms with Gasteiger partial charge in [0.15, 0.2) is 9.84 Å². The smallest absolute Gasteiger partial charge is 0.303 e. The lowest BCUT2D eigenvalue weighted by Gasteiger charge is -2.03. The molecule has 5 nitrogen and oxygen atoms in total. The molecule has 0 atom stereocenters. The number of hydrogen-bond acceptors (Lipinski definition) is 4. The van der Waals surface area contributed by atoms with E-state index in [4.69, 9.17) is 10.2 Å². The molecule has 0 aliphatic heterocycles. The Morgan fingerprint density at radius 1 is 0.789 bits per heavy atom. The van der Waals surface area contributed by atoms with E-state index in [1.165, 1.54) is 0 Å². The average Bonchev–Trinajstić information content (AvgIpc) is 2.31. The summed E-state index contributed by atoms with van der Waals surface area (Å²) in [5.74, 6) is -0.688. The van der Waals surface area contributed by atoms with E-state index in [2.05, 4.69) is 0 Å². The van der Waals surface area contributed by atoms with Crippen LogP contribution in [0.1, 0.15) is 57.8 Å². The molecular weight excluding hydrogens is 268 g/mol. The van der Waals surface area contributed by atoms with E-state index in [9.17, 15) is 13.2 Å². The lowest BCUT2D eigenvalue weighted by Crippen LogP contribution is -2.13. The predicted molar refractivity (Wildman–Crippen MR) is 74.9 cm³/mol. The maximum absolute atomic E-state index is 11.3. The van der Waals surface area contributed by atoms with Gasteiger partial charge in [0.1, 0.15) is 0 Å². The number of unbranched alkanes of at least 4 members (excludes halogenated alkanes) is 7. The van der Waals surface area contributed by atoms with Crippen molar-refractivity contribution in [3.05, 3.63) is 0 Å². The summed E-state index contributed by atoms with van der Waals surface area (Å²) in [4.78, 5) is 10.3. The molecule has 2 N–H and O–H groups in total. The number of aliphatic hydroxyl groups is 1. The molecule has 114 valence electrons. The van der Waals surface area contributed by atoms with Crippen molar-refractivity contribution in [2.75, 3.05) is 18.1 Å². The first-order valence-electron chi connectivity index (χ1n) is 7.01. The zero-order chi connectivity index (χ0) is 14.6. The molecule has 0 aliphatic rings. The second kappa shape index (κ2) is 11.2. The van der Waals surface area contributed by atoms with Crippen molar-refractivity contribution in [1.29, 1.82) is 0 Å². The molecule has 19 heavy (non-hydrogen) atoms. The molecule has 0 aromatic rings. The van der Waals surface area contributed by atoms with E-state index in [1.54, 1.807) is 0 Å². The molecule has 0 saturated heterocycles. The minimum absolute atomic E-state index is 0.128. The maximum Gasteiger partial charge on any atom is 0.303 e. The highest BCUT2D eigenvalue weighted by Gasteiger charge is 2.08. The molecule has 0 aliphatic carbocycles. The lowest BCUT2D eigenvalue weighted by molar-refractivity contribution is -0.137. The third kappa shape index (κ3) is 13.6. The van der Waals surface area contributed by atoms with E-state index < -0.39 is 15.8 Å². The average molecular weight is 294 g/mol. The van der Waals surface area contributed by atoms with Crippen LogP contribution in [0.3, 0.4) is 0 Å². The molecule has 0 rings (SSSR count). The van der Waals surface area contributed by atoms with Crippen molar-refractivity contribution in [1.82, 2.24) is 0 Å². The van der Waals surface area contributed by atoms with E-state index in [1.807, 2.05) is 0 Å². The van der Waals surface area contributed by atoms with Crippen molar-refractivity contribution in [2.45, 2.75) is 57.8 Å². The van der Waals surface area contributed by atoms with Crippen LogP contribution in [0.5, 0.6) is 0 Å². The molecule has 0 unspecified atom stereocenters. The predicted octanol–water partition coefficient (Wildman–Crippen LogP) is 1.99. The van der Waals surface area contributed by atoms with Crippen LogP contribution in [0.25, 0.3) is 0 Å². The van der Waals surface area contributed by atoms with Crippen molar-refractivity contribution in [2.24, 2.45) is 0 Å². The van der Waals surface area contributed by atoms with Gasteiger partial charge < -0.3 is 10.2 Å². The summed E-state index contributed by atoms with van der Waals surface area (Å²) in [5, 5.41) is 17.0. The van der Waals surface area contributed by atoms with Crippen molar-refractivity contribution in [3.8, 4) is 0 Å². The quantitative estimate of drug-likeness (QED) is 0.507. The van der Waals surface area contributed by atoms with Gasteiger partial charge >= 0.3 is 5.97 Å². The fourth-order valence-electron chi connectivity index (χ4n) is 1.90. The molecule has 0 bridgehead atoms. The van der Waals surface area contributed by atoms with Crippen molar-refractivity contribution >= 4 is 15.8 Å². The van der Waals surface area contributed by atoms with Gasteiger partial charge in [-0.25, -0.2) is 8.42 Å². The van der Waals surface area contributed by atoms with Crippen LogP contribution < -0.4 is 0 Å². The van der Waals surface area contributed by atoms with Gasteiger partial charge in [0.05, 0.1) is 18.1 Å². The first kappa shape index (κ1) is 18.4. The van der Waals surface area contributed by atoms with Crippen LogP contribution in [0.2, 0.25) is 0 Å². The monoisotopic (exact) mass is 294 g/mol. The second-order valence-electron chi connectivity index (χ2n) is 4.85. The van der Waals surface area contributed by atoms with Gasteiger partial charge in [-0.15, -0.1) is 0 Å². The van der Waals surface area contributed by atoms with E-state index in [0.717, 1.165) is 44.9 Å². The summed E-state index contributed by atoms with van der Waals surface area (Å²) in [6.07, 6.45) is 7.76. The zero-order valence-electron chi connectivity index (χ0n) is 11.5. The Labute approximate surface area is 115 Å². The van der Waals surface area contributed by atoms with Crippen molar-refractivity contribution in [3.63, 3.8) is 0 Å². The van der Waals surface area contributed by atoms with Crippen LogP contribution in [0.4, 0.5) is 0 Å². The maximum atomic E-state index is 11.3. The summed E-state index contributed by atoms with van der Waals surface area (Å²) in [5.41, 5.74) is 0. The Morgan fingerprint density at radius 3 is 1.74 bits per heavy atom. The first-order chi connectivity index (χ1) is 8.98. The number of aliphatic carboxylic acids is 1. The minimum Gasteiger partial charge on any atom is -0.481 e. The highest BCUT2D eigenvalue weighted by atomic mass is 32.2. The zero-order valence-corrected chi connectivity index (χ0v) is 12.3. The Balaban J connectivity index is 3.25. The Morgan fingerprint density at radius 2 is 1.26 bits per heavy atom. The Kier molecular flexibility index (Phi) is 10.9. The molecule has 0 aromatic carbocycles. The number of carboxylic acid groups (broad SMARTS) is 1. The van der Waals surface area contributed by atoms with Gasteiger partial charge in [0, 0.05) is 6.42 Å². The van der Waals surface area contributed by atoms with Gasteiger partial charge in [-0.3, -0.25) is 4.79 Å². The molecule has 0 spiro atoms. The van der Waals surface area contributed by atoms with E-state index in [-0.39, 0.29) is 24.5 Å². The minimum atomic E-state index is -3.05. The topological polar surface area (TPSA) is 91.7 Å². The number of rotatable bonds is 13. The van der Waals surface area contributed by atoms with Crippen LogP contribution in [0, 0.1) is 0 Å². The van der Waals surface area contributed by atoms with Crippen molar-refractivity contribution < 1.29 is 23.4 Å². The number of sulfone groups is 1. The lowest BCUT2D eigenvalue weighted by atomic mass is 10.1. The third-order valence-corrected chi connectivity index (χ3v) is 4.71. The largest absolute Gasteiger partial charge is 0.481 e. The van der Waals surface area contributed by atoms with Crippen LogP contribution in [0.15, 0.2) is 0 Å². The molecule has 0 aromatic heterocycles. The fourth-order valence-corrected chi connectivity index (χ4v) is 3.03. The standard InChI is InChI=1S/C13H26O5S/c14-10-12-19(17,18)11-8-6-4-2-1-3-5-7-9-13(15)16/h14H,1-12H2,(H,15,16). The molecule has 6 heteroatoms. The summed E-state index contributed by atoms with van der Waals surface area (Å²) in [6, 6.07) is 0. The van der Waals surface area contributed by atoms with Crippen LogP contribution in [-0.4, -0.2) is 42.7 Å².